The SMILES string of the molecule is Cc1ccc(C(=O)Nc2cc(F)ccc2F)cc1NC(=O)CCc1cccnc1. The molecule has 1 heterocycles. The predicted molar refractivity (Wildman–Crippen MR) is 107 cm³/mol. The third-order valence-corrected chi connectivity index (χ3v) is 4.31. The van der Waals surface area contributed by atoms with Crippen LogP contribution in [0.2, 0.25) is 0 Å². The summed E-state index contributed by atoms with van der Waals surface area (Å²) >= 11 is 0. The Morgan fingerprint density at radius 2 is 1.83 bits per heavy atom. The van der Waals surface area contributed by atoms with Crippen LogP contribution < -0.4 is 10.6 Å². The molecule has 0 radical (unpaired) electrons. The van der Waals surface area contributed by atoms with Crippen LogP contribution in [0.3, 0.4) is 0 Å². The lowest BCUT2D eigenvalue weighted by Crippen LogP contribution is -2.16. The number of aryl methyl sites for hydroxylation is 2. The zero-order valence-electron chi connectivity index (χ0n) is 15.7. The number of carbonyl (C=O) groups is 2. The van der Waals surface area contributed by atoms with Crippen LogP contribution >= 0.6 is 0 Å². The topological polar surface area (TPSA) is 71.1 Å². The summed E-state index contributed by atoms with van der Waals surface area (Å²) in [5.74, 6) is -2.21. The van der Waals surface area contributed by atoms with Crippen LogP contribution in [0.5, 0.6) is 0 Å². The number of nitrogens with one attached hydrogen (secondary N) is 2. The first-order valence-electron chi connectivity index (χ1n) is 8.98. The van der Waals surface area contributed by atoms with Crippen LogP contribution in [0.25, 0.3) is 0 Å². The number of anilines is 2. The number of nitrogens with zero attached hydrogens (tertiary/aromatic N) is 1. The van der Waals surface area contributed by atoms with Gasteiger partial charge in [0.15, 0.2) is 0 Å². The zero-order chi connectivity index (χ0) is 20.8. The smallest absolute Gasteiger partial charge is 0.255 e. The highest BCUT2D eigenvalue weighted by atomic mass is 19.1. The number of aromatic nitrogens is 1. The highest BCUT2D eigenvalue weighted by Gasteiger charge is 2.13. The van der Waals surface area contributed by atoms with E-state index in [1.54, 1.807) is 37.5 Å². The number of hydrogen-bond donors (Lipinski definition) is 2. The minimum atomic E-state index is -0.740. The van der Waals surface area contributed by atoms with E-state index in [1.165, 1.54) is 6.07 Å². The van der Waals surface area contributed by atoms with Crippen molar-refractivity contribution in [2.45, 2.75) is 19.8 Å². The van der Waals surface area contributed by atoms with Crippen LogP contribution in [0.15, 0.2) is 60.9 Å². The first-order valence-corrected chi connectivity index (χ1v) is 8.98. The fraction of sp³-hybridized carbons (Fsp3) is 0.136. The number of benzene rings is 2. The molecule has 0 aliphatic rings. The molecule has 0 aliphatic heterocycles. The van der Waals surface area contributed by atoms with E-state index in [2.05, 4.69) is 15.6 Å². The summed E-state index contributed by atoms with van der Waals surface area (Å²) < 4.78 is 27.0. The first-order chi connectivity index (χ1) is 13.9. The Morgan fingerprint density at radius 3 is 2.59 bits per heavy atom. The number of halogens is 2. The molecule has 0 bridgehead atoms. The molecule has 1 aromatic heterocycles. The van der Waals surface area contributed by atoms with Gasteiger partial charge in [0.05, 0.1) is 5.69 Å². The summed E-state index contributed by atoms with van der Waals surface area (Å²) in [5.41, 5.74) is 2.16. The molecule has 0 aliphatic carbocycles. The molecule has 2 aromatic carbocycles. The minimum absolute atomic E-state index is 0.203. The van der Waals surface area contributed by atoms with Crippen LogP contribution in [-0.2, 0) is 11.2 Å². The number of hydrogen-bond acceptors (Lipinski definition) is 3. The molecule has 2 amide bonds. The molecular weight excluding hydrogens is 376 g/mol. The van der Waals surface area contributed by atoms with Crippen LogP contribution in [0.4, 0.5) is 20.2 Å². The second-order valence-corrected chi connectivity index (χ2v) is 6.52. The molecule has 0 atom stereocenters. The monoisotopic (exact) mass is 395 g/mol. The van der Waals surface area contributed by atoms with E-state index in [-0.39, 0.29) is 23.6 Å². The highest BCUT2D eigenvalue weighted by Crippen LogP contribution is 2.20. The normalized spacial score (nSPS) is 10.4. The fourth-order valence-corrected chi connectivity index (χ4v) is 2.70. The maximum Gasteiger partial charge on any atom is 0.255 e. The van der Waals surface area contributed by atoms with Gasteiger partial charge in [-0.1, -0.05) is 12.1 Å². The predicted octanol–water partition coefficient (Wildman–Crippen LogP) is 4.49. The van der Waals surface area contributed by atoms with Gasteiger partial charge in [0.25, 0.3) is 5.91 Å². The van der Waals surface area contributed by atoms with Gasteiger partial charge in [-0.15, -0.1) is 0 Å². The van der Waals surface area contributed by atoms with E-state index in [0.717, 1.165) is 29.3 Å². The van der Waals surface area contributed by atoms with E-state index in [1.807, 2.05) is 6.07 Å². The molecule has 0 fully saturated rings. The van der Waals surface area contributed by atoms with Crippen LogP contribution in [-0.4, -0.2) is 16.8 Å². The Hall–Kier alpha value is -3.61. The van der Waals surface area contributed by atoms with E-state index in [0.29, 0.717) is 12.1 Å². The van der Waals surface area contributed by atoms with Crippen LogP contribution in [0.1, 0.15) is 27.9 Å². The minimum Gasteiger partial charge on any atom is -0.326 e. The summed E-state index contributed by atoms with van der Waals surface area (Å²) in [6.45, 7) is 1.80. The van der Waals surface area contributed by atoms with Gasteiger partial charge in [-0.2, -0.15) is 0 Å². The summed E-state index contributed by atoms with van der Waals surface area (Å²) in [4.78, 5) is 28.7. The van der Waals surface area contributed by atoms with Crippen molar-refractivity contribution in [1.82, 2.24) is 4.98 Å². The maximum atomic E-state index is 13.7. The van der Waals surface area contributed by atoms with Crippen molar-refractivity contribution in [3.63, 3.8) is 0 Å². The number of carbonyl (C=O) groups excluding carboxylic acids is 2. The Labute approximate surface area is 166 Å². The second-order valence-electron chi connectivity index (χ2n) is 6.52. The zero-order valence-corrected chi connectivity index (χ0v) is 15.7. The third kappa shape index (κ3) is 5.44. The standard InChI is InChI=1S/C22H19F2N3O2/c1-14-4-6-16(22(29)27-20-12-17(23)7-8-18(20)24)11-19(14)26-21(28)9-5-15-3-2-10-25-13-15/h2-4,6-8,10-13H,5,9H2,1H3,(H,26,28)(H,27,29). The van der Waals surface area contributed by atoms with Gasteiger partial charge in [0, 0.05) is 36.1 Å². The lowest BCUT2D eigenvalue weighted by atomic mass is 10.1. The highest BCUT2D eigenvalue weighted by molar-refractivity contribution is 6.05. The van der Waals surface area contributed by atoms with Gasteiger partial charge in [-0.3, -0.25) is 14.6 Å². The molecule has 5 nitrogen and oxygen atoms in total. The van der Waals surface area contributed by atoms with Crippen molar-refractivity contribution in [2.75, 3.05) is 10.6 Å². The largest absolute Gasteiger partial charge is 0.326 e. The molecule has 3 rings (SSSR count). The molecule has 3 aromatic rings. The van der Waals surface area contributed by atoms with Gasteiger partial charge in [-0.25, -0.2) is 8.78 Å². The quantitative estimate of drug-likeness (QED) is 0.646. The molecule has 0 unspecified atom stereocenters. The first kappa shape index (κ1) is 20.1. The summed E-state index contributed by atoms with van der Waals surface area (Å²) in [7, 11) is 0. The Kier molecular flexibility index (Phi) is 6.29. The summed E-state index contributed by atoms with van der Waals surface area (Å²) in [5, 5.41) is 5.13. The Balaban J connectivity index is 1.68. The van der Waals surface area contributed by atoms with Gasteiger partial charge in [-0.05, 0) is 54.8 Å². The van der Waals surface area contributed by atoms with Gasteiger partial charge >= 0.3 is 0 Å². The third-order valence-electron chi connectivity index (χ3n) is 4.31. The van der Waals surface area contributed by atoms with Crippen molar-refractivity contribution in [1.29, 1.82) is 0 Å². The molecule has 148 valence electrons. The number of rotatable bonds is 6. The Morgan fingerprint density at radius 1 is 1.00 bits per heavy atom. The summed E-state index contributed by atoms with van der Waals surface area (Å²) in [6, 6.07) is 11.2. The summed E-state index contributed by atoms with van der Waals surface area (Å²) in [6.07, 6.45) is 4.17. The van der Waals surface area contributed by atoms with E-state index < -0.39 is 17.5 Å². The molecule has 29 heavy (non-hydrogen) atoms. The molecule has 0 saturated heterocycles. The lowest BCUT2D eigenvalue weighted by Gasteiger charge is -2.11. The second kappa shape index (κ2) is 9.05. The fourth-order valence-electron chi connectivity index (χ4n) is 2.70. The van der Waals surface area contributed by atoms with Crippen molar-refractivity contribution in [2.24, 2.45) is 0 Å². The van der Waals surface area contributed by atoms with Crippen molar-refractivity contribution >= 4 is 23.2 Å². The lowest BCUT2D eigenvalue weighted by molar-refractivity contribution is -0.116. The van der Waals surface area contributed by atoms with E-state index >= 15 is 0 Å². The van der Waals surface area contributed by atoms with Gasteiger partial charge in [0.1, 0.15) is 11.6 Å². The number of pyridine rings is 1. The van der Waals surface area contributed by atoms with Gasteiger partial charge in [0.2, 0.25) is 5.91 Å². The van der Waals surface area contributed by atoms with Crippen LogP contribution in [0, 0.1) is 18.6 Å². The molecule has 0 spiro atoms. The molecule has 2 N–H and O–H groups in total. The molecular formula is C22H19F2N3O2. The van der Waals surface area contributed by atoms with Crippen molar-refractivity contribution < 1.29 is 18.4 Å². The Bertz CT molecular complexity index is 1040. The number of amides is 2. The van der Waals surface area contributed by atoms with Crippen molar-refractivity contribution in [3.05, 3.63) is 89.2 Å². The average Bonchev–Trinajstić information content (AvgIpc) is 2.71. The van der Waals surface area contributed by atoms with Gasteiger partial charge < -0.3 is 10.6 Å². The van der Waals surface area contributed by atoms with E-state index in [9.17, 15) is 18.4 Å². The van der Waals surface area contributed by atoms with E-state index in [4.69, 9.17) is 0 Å². The van der Waals surface area contributed by atoms with Crippen molar-refractivity contribution in [3.8, 4) is 0 Å². The average molecular weight is 395 g/mol. The molecule has 0 saturated carbocycles. The maximum absolute atomic E-state index is 13.7. The molecule has 7 heteroatoms.